The number of fused-ring (bicyclic) bond motifs is 1. The van der Waals surface area contributed by atoms with Gasteiger partial charge in [-0.05, 0) is 36.1 Å². The molecule has 0 spiro atoms. The predicted molar refractivity (Wildman–Crippen MR) is 73.7 cm³/mol. The maximum absolute atomic E-state index is 5.33. The Morgan fingerprint density at radius 2 is 2.16 bits per heavy atom. The Morgan fingerprint density at radius 3 is 2.89 bits per heavy atom. The molecule has 2 fully saturated rings. The van der Waals surface area contributed by atoms with E-state index in [2.05, 4.69) is 15.0 Å². The minimum absolute atomic E-state index is 0.649. The van der Waals surface area contributed by atoms with Crippen LogP contribution in [0.1, 0.15) is 25.1 Å². The third kappa shape index (κ3) is 2.21. The van der Waals surface area contributed by atoms with Crippen molar-refractivity contribution >= 4 is 11.3 Å². The van der Waals surface area contributed by atoms with Crippen molar-refractivity contribution in [3.05, 3.63) is 22.7 Å². The molecule has 19 heavy (non-hydrogen) atoms. The van der Waals surface area contributed by atoms with Gasteiger partial charge in [-0.1, -0.05) is 11.6 Å². The maximum Gasteiger partial charge on any atom is 0.258 e. The second-order valence-corrected chi connectivity index (χ2v) is 6.45. The quantitative estimate of drug-likeness (QED) is 0.863. The van der Waals surface area contributed by atoms with E-state index in [9.17, 15) is 0 Å². The first-order chi connectivity index (χ1) is 9.38. The van der Waals surface area contributed by atoms with Gasteiger partial charge < -0.3 is 4.52 Å². The van der Waals surface area contributed by atoms with E-state index in [0.29, 0.717) is 5.89 Å². The highest BCUT2D eigenvalue weighted by Crippen LogP contribution is 2.38. The second-order valence-electron chi connectivity index (χ2n) is 5.67. The summed E-state index contributed by atoms with van der Waals surface area (Å²) < 4.78 is 5.33. The number of hydrogen-bond acceptors (Lipinski definition) is 5. The average molecular weight is 275 g/mol. The summed E-state index contributed by atoms with van der Waals surface area (Å²) in [6.45, 7) is 3.26. The molecule has 2 atom stereocenters. The number of nitrogens with zero attached hydrogens (tertiary/aromatic N) is 3. The molecule has 0 amide bonds. The standard InChI is InChI=1S/C14H17N3OS/c1-2-10-6-17(7-11(10)3-1)8-13-15-14(18-16-13)12-4-5-19-9-12/h4-5,9-11H,1-3,6-8H2/t10-,11-/m0/s1. The summed E-state index contributed by atoms with van der Waals surface area (Å²) in [7, 11) is 0. The first kappa shape index (κ1) is 11.6. The maximum atomic E-state index is 5.33. The smallest absolute Gasteiger partial charge is 0.258 e. The molecule has 2 aromatic heterocycles. The van der Waals surface area contributed by atoms with Crippen molar-refractivity contribution in [1.29, 1.82) is 0 Å². The van der Waals surface area contributed by atoms with Gasteiger partial charge in [0.15, 0.2) is 5.82 Å². The van der Waals surface area contributed by atoms with Crippen molar-refractivity contribution in [2.75, 3.05) is 13.1 Å². The van der Waals surface area contributed by atoms with Crippen molar-refractivity contribution in [3.63, 3.8) is 0 Å². The lowest BCUT2D eigenvalue weighted by molar-refractivity contribution is 0.289. The third-order valence-electron chi connectivity index (χ3n) is 4.40. The highest BCUT2D eigenvalue weighted by Gasteiger charge is 2.36. The van der Waals surface area contributed by atoms with Crippen molar-refractivity contribution in [2.45, 2.75) is 25.8 Å². The summed E-state index contributed by atoms with van der Waals surface area (Å²) in [5.74, 6) is 3.31. The van der Waals surface area contributed by atoms with Gasteiger partial charge in [0, 0.05) is 18.5 Å². The van der Waals surface area contributed by atoms with Gasteiger partial charge in [-0.15, -0.1) is 0 Å². The number of thiophene rings is 1. The average Bonchev–Trinajstić information content (AvgIpc) is 3.12. The first-order valence-electron chi connectivity index (χ1n) is 6.96. The van der Waals surface area contributed by atoms with Crippen LogP contribution in [0.5, 0.6) is 0 Å². The van der Waals surface area contributed by atoms with Crippen LogP contribution in [0.25, 0.3) is 11.5 Å². The molecule has 100 valence electrons. The van der Waals surface area contributed by atoms with Crippen LogP contribution < -0.4 is 0 Å². The number of rotatable bonds is 3. The molecule has 1 aliphatic heterocycles. The highest BCUT2D eigenvalue weighted by atomic mass is 32.1. The van der Waals surface area contributed by atoms with Crippen molar-refractivity contribution in [3.8, 4) is 11.5 Å². The van der Waals surface area contributed by atoms with E-state index in [4.69, 9.17) is 4.52 Å². The van der Waals surface area contributed by atoms with Crippen LogP contribution >= 0.6 is 11.3 Å². The molecule has 0 bridgehead atoms. The number of likely N-dealkylation sites (tertiary alicyclic amines) is 1. The van der Waals surface area contributed by atoms with Gasteiger partial charge in [-0.2, -0.15) is 16.3 Å². The molecule has 2 aromatic rings. The minimum Gasteiger partial charge on any atom is -0.334 e. The van der Waals surface area contributed by atoms with Crippen LogP contribution in [0, 0.1) is 11.8 Å². The summed E-state index contributed by atoms with van der Waals surface area (Å²) in [6, 6.07) is 2.02. The SMILES string of the molecule is c1cc(-c2nc(CN3C[C@@H]4CCC[C@H]4C3)no2)cs1. The lowest BCUT2D eigenvalue weighted by Gasteiger charge is -2.13. The molecule has 2 aliphatic rings. The van der Waals surface area contributed by atoms with Crippen LogP contribution in [0.4, 0.5) is 0 Å². The Balaban J connectivity index is 1.44. The Labute approximate surface area is 116 Å². The van der Waals surface area contributed by atoms with Gasteiger partial charge in [0.2, 0.25) is 0 Å². The zero-order valence-corrected chi connectivity index (χ0v) is 11.6. The van der Waals surface area contributed by atoms with E-state index in [1.54, 1.807) is 11.3 Å². The van der Waals surface area contributed by atoms with Crippen LogP contribution in [-0.4, -0.2) is 28.1 Å². The number of hydrogen-bond donors (Lipinski definition) is 0. The molecule has 1 saturated heterocycles. The predicted octanol–water partition coefficient (Wildman–Crippen LogP) is 3.03. The molecule has 1 aliphatic carbocycles. The van der Waals surface area contributed by atoms with Gasteiger partial charge in [-0.25, -0.2) is 0 Å². The molecule has 0 radical (unpaired) electrons. The molecule has 1 saturated carbocycles. The molecule has 4 nitrogen and oxygen atoms in total. The van der Waals surface area contributed by atoms with Crippen molar-refractivity contribution < 1.29 is 4.52 Å². The van der Waals surface area contributed by atoms with Crippen LogP contribution in [0.3, 0.4) is 0 Å². The fraction of sp³-hybridized carbons (Fsp3) is 0.571. The lowest BCUT2D eigenvalue weighted by Crippen LogP contribution is -2.21. The first-order valence-corrected chi connectivity index (χ1v) is 7.90. The molecular formula is C14H17N3OS. The zero-order valence-electron chi connectivity index (χ0n) is 10.8. The Morgan fingerprint density at radius 1 is 1.32 bits per heavy atom. The minimum atomic E-state index is 0.649. The van der Waals surface area contributed by atoms with Crippen LogP contribution in [-0.2, 0) is 6.54 Å². The monoisotopic (exact) mass is 275 g/mol. The summed E-state index contributed by atoms with van der Waals surface area (Å²) in [5.41, 5.74) is 1.03. The van der Waals surface area contributed by atoms with Crippen LogP contribution in [0.15, 0.2) is 21.3 Å². The van der Waals surface area contributed by atoms with Gasteiger partial charge in [-0.3, -0.25) is 4.90 Å². The third-order valence-corrected chi connectivity index (χ3v) is 5.09. The summed E-state index contributed by atoms with van der Waals surface area (Å²) in [6.07, 6.45) is 4.24. The van der Waals surface area contributed by atoms with E-state index in [1.807, 2.05) is 16.8 Å². The van der Waals surface area contributed by atoms with E-state index in [0.717, 1.165) is 29.8 Å². The molecule has 3 heterocycles. The van der Waals surface area contributed by atoms with Gasteiger partial charge in [0.1, 0.15) is 0 Å². The van der Waals surface area contributed by atoms with Gasteiger partial charge in [0.05, 0.1) is 12.1 Å². The molecular weight excluding hydrogens is 258 g/mol. The van der Waals surface area contributed by atoms with E-state index in [-0.39, 0.29) is 0 Å². The molecule has 4 rings (SSSR count). The topological polar surface area (TPSA) is 42.2 Å². The fourth-order valence-corrected chi connectivity index (χ4v) is 4.11. The van der Waals surface area contributed by atoms with E-state index < -0.39 is 0 Å². The molecule has 0 aromatic carbocycles. The molecule has 5 heteroatoms. The molecule has 0 N–H and O–H groups in total. The zero-order chi connectivity index (χ0) is 12.7. The van der Waals surface area contributed by atoms with E-state index in [1.165, 1.54) is 32.4 Å². The van der Waals surface area contributed by atoms with Gasteiger partial charge >= 0.3 is 0 Å². The summed E-state index contributed by atoms with van der Waals surface area (Å²) >= 11 is 1.65. The highest BCUT2D eigenvalue weighted by molar-refractivity contribution is 7.08. The Bertz CT molecular complexity index is 539. The van der Waals surface area contributed by atoms with Crippen molar-refractivity contribution in [1.82, 2.24) is 15.0 Å². The normalized spacial score (nSPS) is 26.9. The molecule has 0 unspecified atom stereocenters. The van der Waals surface area contributed by atoms with Gasteiger partial charge in [0.25, 0.3) is 5.89 Å². The summed E-state index contributed by atoms with van der Waals surface area (Å²) in [4.78, 5) is 6.98. The Hall–Kier alpha value is -1.20. The number of aromatic nitrogens is 2. The largest absolute Gasteiger partial charge is 0.334 e. The van der Waals surface area contributed by atoms with E-state index >= 15 is 0 Å². The lowest BCUT2D eigenvalue weighted by atomic mass is 10.0. The fourth-order valence-electron chi connectivity index (χ4n) is 3.48. The second kappa shape index (κ2) is 4.72. The van der Waals surface area contributed by atoms with Crippen LogP contribution in [0.2, 0.25) is 0 Å². The Kier molecular flexibility index (Phi) is 2.89. The summed E-state index contributed by atoms with van der Waals surface area (Å²) in [5, 5.41) is 8.17. The van der Waals surface area contributed by atoms with Crippen molar-refractivity contribution in [2.24, 2.45) is 11.8 Å².